The molecule has 0 atom stereocenters. The molecular weight excluding hydrogens is 308 g/mol. The van der Waals surface area contributed by atoms with Crippen molar-refractivity contribution in [2.75, 3.05) is 13.1 Å². The molecule has 1 aliphatic heterocycles. The van der Waals surface area contributed by atoms with E-state index >= 15 is 0 Å². The number of piperidine rings is 1. The fourth-order valence-electron chi connectivity index (χ4n) is 2.92. The minimum Gasteiger partial charge on any atom is -0.300 e. The number of nitrogens with zero attached hydrogens (tertiary/aromatic N) is 1. The lowest BCUT2D eigenvalue weighted by Crippen LogP contribution is -2.45. The Morgan fingerprint density at radius 3 is 2.29 bits per heavy atom. The molecule has 2 fully saturated rings. The molecule has 0 radical (unpaired) electrons. The number of nitrogens with one attached hydrogen (secondary N) is 1. The van der Waals surface area contributed by atoms with Crippen molar-refractivity contribution in [3.8, 4) is 0 Å². The van der Waals surface area contributed by atoms with Crippen LogP contribution in [0.4, 0.5) is 0 Å². The zero-order valence-electron chi connectivity index (χ0n) is 12.0. The molecule has 21 heavy (non-hydrogen) atoms. The first kappa shape index (κ1) is 15.3. The van der Waals surface area contributed by atoms with Gasteiger partial charge in [-0.1, -0.05) is 23.7 Å². The van der Waals surface area contributed by atoms with Crippen molar-refractivity contribution in [2.24, 2.45) is 0 Å². The molecule has 4 nitrogen and oxygen atoms in total. The van der Waals surface area contributed by atoms with Gasteiger partial charge in [0, 0.05) is 17.1 Å². The van der Waals surface area contributed by atoms with Gasteiger partial charge in [0.2, 0.25) is 10.0 Å². The lowest BCUT2D eigenvalue weighted by atomic mass is 10.1. The second-order valence-corrected chi connectivity index (χ2v) is 8.24. The standard InChI is InChI=1S/C15H21ClN2O2S/c16-13-3-1-12(2-4-13)11-21(19,20)17-14-7-9-18(10-8-14)15-5-6-15/h1-4,14-15,17H,5-11H2. The number of rotatable bonds is 5. The molecule has 2 aliphatic rings. The zero-order valence-corrected chi connectivity index (χ0v) is 13.5. The van der Waals surface area contributed by atoms with Gasteiger partial charge < -0.3 is 4.90 Å². The van der Waals surface area contributed by atoms with Gasteiger partial charge in [-0.2, -0.15) is 0 Å². The van der Waals surface area contributed by atoms with Crippen LogP contribution < -0.4 is 4.72 Å². The van der Waals surface area contributed by atoms with Gasteiger partial charge in [0.15, 0.2) is 0 Å². The summed E-state index contributed by atoms with van der Waals surface area (Å²) in [6.45, 7) is 2.03. The van der Waals surface area contributed by atoms with Crippen LogP contribution in [-0.2, 0) is 15.8 Å². The van der Waals surface area contributed by atoms with Crippen molar-refractivity contribution in [1.29, 1.82) is 0 Å². The quantitative estimate of drug-likeness (QED) is 0.903. The molecule has 1 saturated carbocycles. The van der Waals surface area contributed by atoms with E-state index in [-0.39, 0.29) is 11.8 Å². The Morgan fingerprint density at radius 1 is 1.10 bits per heavy atom. The molecule has 0 unspecified atom stereocenters. The van der Waals surface area contributed by atoms with Crippen LogP contribution in [0.2, 0.25) is 5.02 Å². The van der Waals surface area contributed by atoms with Crippen molar-refractivity contribution in [2.45, 2.75) is 43.5 Å². The normalized spacial score (nSPS) is 21.6. The van der Waals surface area contributed by atoms with Crippen molar-refractivity contribution < 1.29 is 8.42 Å². The van der Waals surface area contributed by atoms with Gasteiger partial charge in [-0.15, -0.1) is 0 Å². The summed E-state index contributed by atoms with van der Waals surface area (Å²) in [5.74, 6) is 0.0208. The first-order valence-corrected chi connectivity index (χ1v) is 9.53. The first-order chi connectivity index (χ1) is 10.0. The second kappa shape index (κ2) is 6.24. The molecule has 1 aliphatic carbocycles. The molecule has 116 valence electrons. The maximum absolute atomic E-state index is 12.2. The molecule has 0 amide bonds. The zero-order chi connectivity index (χ0) is 14.9. The third-order valence-electron chi connectivity index (χ3n) is 4.21. The van der Waals surface area contributed by atoms with E-state index in [0.29, 0.717) is 5.02 Å². The highest BCUT2D eigenvalue weighted by Crippen LogP contribution is 2.29. The van der Waals surface area contributed by atoms with E-state index in [9.17, 15) is 8.42 Å². The van der Waals surface area contributed by atoms with E-state index in [0.717, 1.165) is 37.5 Å². The van der Waals surface area contributed by atoms with Crippen molar-refractivity contribution in [3.05, 3.63) is 34.9 Å². The monoisotopic (exact) mass is 328 g/mol. The molecule has 6 heteroatoms. The minimum absolute atomic E-state index is 0.0208. The number of sulfonamides is 1. The predicted molar refractivity (Wildman–Crippen MR) is 84.8 cm³/mol. The Kier molecular flexibility index (Phi) is 4.54. The molecule has 3 rings (SSSR count). The summed E-state index contributed by atoms with van der Waals surface area (Å²) in [6.07, 6.45) is 4.45. The summed E-state index contributed by atoms with van der Waals surface area (Å²) < 4.78 is 27.3. The van der Waals surface area contributed by atoms with Crippen LogP contribution in [-0.4, -0.2) is 38.5 Å². The van der Waals surface area contributed by atoms with Gasteiger partial charge in [0.05, 0.1) is 5.75 Å². The van der Waals surface area contributed by atoms with Crippen molar-refractivity contribution >= 4 is 21.6 Å². The highest BCUT2D eigenvalue weighted by Gasteiger charge is 2.32. The van der Waals surface area contributed by atoms with Crippen LogP contribution >= 0.6 is 11.6 Å². The van der Waals surface area contributed by atoms with Crippen LogP contribution in [0.1, 0.15) is 31.2 Å². The summed E-state index contributed by atoms with van der Waals surface area (Å²) in [4.78, 5) is 2.49. The Morgan fingerprint density at radius 2 is 1.71 bits per heavy atom. The first-order valence-electron chi connectivity index (χ1n) is 7.50. The Labute approximate surface area is 131 Å². The number of likely N-dealkylation sites (tertiary alicyclic amines) is 1. The highest BCUT2D eigenvalue weighted by molar-refractivity contribution is 7.88. The number of benzene rings is 1. The van der Waals surface area contributed by atoms with E-state index in [4.69, 9.17) is 11.6 Å². The van der Waals surface area contributed by atoms with Crippen LogP contribution in [0.3, 0.4) is 0 Å². The topological polar surface area (TPSA) is 49.4 Å². The molecule has 0 aromatic heterocycles. The van der Waals surface area contributed by atoms with Gasteiger partial charge in [-0.3, -0.25) is 0 Å². The Balaban J connectivity index is 1.52. The summed E-state index contributed by atoms with van der Waals surface area (Å²) in [6, 6.07) is 7.82. The average molecular weight is 329 g/mol. The maximum Gasteiger partial charge on any atom is 0.216 e. The third-order valence-corrected chi connectivity index (χ3v) is 5.87. The van der Waals surface area contributed by atoms with E-state index in [1.165, 1.54) is 12.8 Å². The van der Waals surface area contributed by atoms with Gasteiger partial charge in [0.25, 0.3) is 0 Å². The molecule has 1 N–H and O–H groups in total. The number of hydrogen-bond donors (Lipinski definition) is 1. The third kappa shape index (κ3) is 4.42. The largest absolute Gasteiger partial charge is 0.300 e. The van der Waals surface area contributed by atoms with Gasteiger partial charge >= 0.3 is 0 Å². The SMILES string of the molecule is O=S(=O)(Cc1ccc(Cl)cc1)NC1CCN(C2CC2)CC1. The van der Waals surface area contributed by atoms with E-state index in [2.05, 4.69) is 9.62 Å². The molecule has 0 spiro atoms. The Hall–Kier alpha value is -0.620. The van der Waals surface area contributed by atoms with Gasteiger partial charge in [-0.05, 0) is 56.5 Å². The molecule has 0 bridgehead atoms. The van der Waals surface area contributed by atoms with Crippen molar-refractivity contribution in [1.82, 2.24) is 9.62 Å². The summed E-state index contributed by atoms with van der Waals surface area (Å²) in [5.41, 5.74) is 0.766. The van der Waals surface area contributed by atoms with E-state index in [1.807, 2.05) is 0 Å². The Bertz CT molecular complexity index is 576. The lowest BCUT2D eigenvalue weighted by Gasteiger charge is -2.32. The number of halogens is 1. The second-order valence-electron chi connectivity index (χ2n) is 6.04. The summed E-state index contributed by atoms with van der Waals surface area (Å²) in [7, 11) is -3.28. The summed E-state index contributed by atoms with van der Waals surface area (Å²) >= 11 is 5.81. The van der Waals surface area contributed by atoms with Gasteiger partial charge in [0.1, 0.15) is 0 Å². The van der Waals surface area contributed by atoms with E-state index in [1.54, 1.807) is 24.3 Å². The fourth-order valence-corrected chi connectivity index (χ4v) is 4.50. The molecule has 1 heterocycles. The van der Waals surface area contributed by atoms with Crippen LogP contribution in [0.15, 0.2) is 24.3 Å². The highest BCUT2D eigenvalue weighted by atomic mass is 35.5. The predicted octanol–water partition coefficient (Wildman–Crippen LogP) is 2.39. The molecule has 1 saturated heterocycles. The molecule has 1 aromatic rings. The smallest absolute Gasteiger partial charge is 0.216 e. The van der Waals surface area contributed by atoms with Crippen LogP contribution in [0.5, 0.6) is 0 Å². The molecule has 1 aromatic carbocycles. The maximum atomic E-state index is 12.2. The van der Waals surface area contributed by atoms with Crippen LogP contribution in [0.25, 0.3) is 0 Å². The lowest BCUT2D eigenvalue weighted by molar-refractivity contribution is 0.199. The summed E-state index contributed by atoms with van der Waals surface area (Å²) in [5, 5.41) is 0.622. The minimum atomic E-state index is -3.28. The van der Waals surface area contributed by atoms with Crippen LogP contribution in [0, 0.1) is 0 Å². The van der Waals surface area contributed by atoms with Gasteiger partial charge in [-0.25, -0.2) is 13.1 Å². The van der Waals surface area contributed by atoms with E-state index < -0.39 is 10.0 Å². The fraction of sp³-hybridized carbons (Fsp3) is 0.600. The molecular formula is C15H21ClN2O2S. The van der Waals surface area contributed by atoms with Crippen molar-refractivity contribution in [3.63, 3.8) is 0 Å². The average Bonchev–Trinajstić information content (AvgIpc) is 3.26. The number of hydrogen-bond acceptors (Lipinski definition) is 3.